The van der Waals surface area contributed by atoms with E-state index in [0.29, 0.717) is 11.1 Å². The van der Waals surface area contributed by atoms with Crippen molar-refractivity contribution in [2.75, 3.05) is 0 Å². The number of hydrogen-bond acceptors (Lipinski definition) is 2. The molecule has 0 amide bonds. The summed E-state index contributed by atoms with van der Waals surface area (Å²) in [5.74, 6) is -1.36. The smallest absolute Gasteiger partial charge is 0.197 e. The van der Waals surface area contributed by atoms with Gasteiger partial charge in [-0.15, -0.1) is 0 Å². The Bertz CT molecular complexity index is 721. The Kier molecular flexibility index (Phi) is 2.99. The van der Waals surface area contributed by atoms with Crippen LogP contribution in [0.15, 0.2) is 48.0 Å². The van der Waals surface area contributed by atoms with Gasteiger partial charge in [0.2, 0.25) is 0 Å². The summed E-state index contributed by atoms with van der Waals surface area (Å²) in [4.78, 5) is 24.4. The minimum absolute atomic E-state index is 0.0543. The number of halogens is 2. The molecule has 0 radical (unpaired) electrons. The first-order chi connectivity index (χ1) is 9.59. The normalized spacial score (nSPS) is 13.6. The average Bonchev–Trinajstić information content (AvgIpc) is 2.68. The predicted molar refractivity (Wildman–Crippen MR) is 74.5 cm³/mol. The van der Waals surface area contributed by atoms with Crippen molar-refractivity contribution in [1.29, 1.82) is 0 Å². The van der Waals surface area contributed by atoms with Crippen LogP contribution in [0.5, 0.6) is 0 Å². The third kappa shape index (κ3) is 1.87. The predicted octanol–water partition coefficient (Wildman–Crippen LogP) is 3.94. The van der Waals surface area contributed by atoms with Gasteiger partial charge in [-0.1, -0.05) is 41.9 Å². The molecule has 98 valence electrons. The molecule has 1 aliphatic carbocycles. The van der Waals surface area contributed by atoms with E-state index in [9.17, 15) is 14.0 Å². The Morgan fingerprint density at radius 2 is 1.50 bits per heavy atom. The summed E-state index contributed by atoms with van der Waals surface area (Å²) >= 11 is 5.91. The molecule has 0 atom stereocenters. The highest BCUT2D eigenvalue weighted by atomic mass is 35.5. The van der Waals surface area contributed by atoms with Gasteiger partial charge in [-0.3, -0.25) is 9.59 Å². The highest BCUT2D eigenvalue weighted by molar-refractivity contribution is 6.41. The van der Waals surface area contributed by atoms with E-state index in [2.05, 4.69) is 0 Å². The number of ketones is 2. The zero-order chi connectivity index (χ0) is 14.3. The average molecular weight is 287 g/mol. The van der Waals surface area contributed by atoms with Crippen molar-refractivity contribution in [3.05, 3.63) is 75.6 Å². The van der Waals surface area contributed by atoms with Gasteiger partial charge in [-0.05, 0) is 18.2 Å². The first kappa shape index (κ1) is 12.8. The van der Waals surface area contributed by atoms with Crippen molar-refractivity contribution in [3.8, 4) is 0 Å². The van der Waals surface area contributed by atoms with Crippen molar-refractivity contribution in [3.63, 3.8) is 0 Å². The number of carbonyl (C=O) groups excluding carboxylic acids is 2. The van der Waals surface area contributed by atoms with E-state index in [1.54, 1.807) is 24.3 Å². The fourth-order valence-electron chi connectivity index (χ4n) is 2.20. The number of fused-ring (bicyclic) bond motifs is 1. The zero-order valence-corrected chi connectivity index (χ0v) is 10.9. The van der Waals surface area contributed by atoms with Gasteiger partial charge in [-0.2, -0.15) is 0 Å². The Hall–Kier alpha value is -2.26. The van der Waals surface area contributed by atoms with E-state index in [-0.39, 0.29) is 16.2 Å². The van der Waals surface area contributed by atoms with Gasteiger partial charge in [-0.25, -0.2) is 4.39 Å². The molecule has 0 spiro atoms. The Morgan fingerprint density at radius 1 is 0.900 bits per heavy atom. The first-order valence-corrected chi connectivity index (χ1v) is 6.31. The highest BCUT2D eigenvalue weighted by Crippen LogP contribution is 2.30. The third-order valence-corrected chi connectivity index (χ3v) is 3.52. The van der Waals surface area contributed by atoms with Crippen LogP contribution in [0.3, 0.4) is 0 Å². The van der Waals surface area contributed by atoms with Gasteiger partial charge in [0.1, 0.15) is 5.82 Å². The van der Waals surface area contributed by atoms with Gasteiger partial charge in [0, 0.05) is 16.7 Å². The Balaban J connectivity index is 2.16. The molecular formula is C16H8ClFO2. The van der Waals surface area contributed by atoms with Crippen LogP contribution in [-0.2, 0) is 0 Å². The van der Waals surface area contributed by atoms with E-state index >= 15 is 0 Å². The quantitative estimate of drug-likeness (QED) is 0.588. The van der Waals surface area contributed by atoms with Gasteiger partial charge in [0.15, 0.2) is 11.6 Å². The van der Waals surface area contributed by atoms with Gasteiger partial charge >= 0.3 is 0 Å². The van der Waals surface area contributed by atoms with Crippen LogP contribution >= 0.6 is 11.6 Å². The molecule has 0 unspecified atom stereocenters. The van der Waals surface area contributed by atoms with E-state index < -0.39 is 17.4 Å². The van der Waals surface area contributed by atoms with Crippen LogP contribution in [0, 0.1) is 5.82 Å². The topological polar surface area (TPSA) is 34.1 Å². The number of rotatable bonds is 1. The standard InChI is InChI=1S/C16H8ClFO2/c17-13-6-3-7-14(18)11(13)8-12-15(19)9-4-1-2-5-10(9)16(12)20/h1-8H. The maximum absolute atomic E-state index is 13.7. The first-order valence-electron chi connectivity index (χ1n) is 5.93. The second kappa shape index (κ2) is 4.69. The molecule has 0 aliphatic heterocycles. The van der Waals surface area contributed by atoms with Crippen molar-refractivity contribution in [1.82, 2.24) is 0 Å². The summed E-state index contributed by atoms with van der Waals surface area (Å²) in [6, 6.07) is 10.7. The van der Waals surface area contributed by atoms with E-state index in [1.165, 1.54) is 24.3 Å². The summed E-state index contributed by atoms with van der Waals surface area (Å²) in [5.41, 5.74) is 0.685. The lowest BCUT2D eigenvalue weighted by atomic mass is 10.1. The SMILES string of the molecule is O=C1C(=Cc2c(F)cccc2Cl)C(=O)c2ccccc21. The van der Waals surface area contributed by atoms with E-state index in [0.717, 1.165) is 0 Å². The lowest BCUT2D eigenvalue weighted by molar-refractivity contribution is 0.0990. The van der Waals surface area contributed by atoms with Crippen molar-refractivity contribution in [2.24, 2.45) is 0 Å². The molecular weight excluding hydrogens is 279 g/mol. The maximum atomic E-state index is 13.7. The van der Waals surface area contributed by atoms with Crippen molar-refractivity contribution < 1.29 is 14.0 Å². The van der Waals surface area contributed by atoms with Gasteiger partial charge in [0.25, 0.3) is 0 Å². The molecule has 0 bridgehead atoms. The molecule has 0 heterocycles. The summed E-state index contributed by atoms with van der Waals surface area (Å²) in [5, 5.41) is 0.161. The van der Waals surface area contributed by atoms with Crippen molar-refractivity contribution >= 4 is 29.2 Å². The molecule has 0 saturated heterocycles. The minimum atomic E-state index is -0.568. The summed E-state index contributed by atoms with van der Waals surface area (Å²) in [6.07, 6.45) is 1.22. The molecule has 0 N–H and O–H groups in total. The Morgan fingerprint density at radius 3 is 2.05 bits per heavy atom. The monoisotopic (exact) mass is 286 g/mol. The Labute approximate surface area is 119 Å². The van der Waals surface area contributed by atoms with Crippen molar-refractivity contribution in [2.45, 2.75) is 0 Å². The van der Waals surface area contributed by atoms with Crippen LogP contribution in [0.4, 0.5) is 4.39 Å². The second-order valence-corrected chi connectivity index (χ2v) is 4.80. The van der Waals surface area contributed by atoms with Crippen LogP contribution < -0.4 is 0 Å². The minimum Gasteiger partial charge on any atom is -0.288 e. The molecule has 4 heteroatoms. The largest absolute Gasteiger partial charge is 0.288 e. The number of Topliss-reactive ketones (excluding diaryl/α,β-unsaturated/α-hetero) is 2. The van der Waals surface area contributed by atoms with Crippen LogP contribution in [0.1, 0.15) is 26.3 Å². The molecule has 2 aromatic rings. The fraction of sp³-hybridized carbons (Fsp3) is 0. The fourth-order valence-corrected chi connectivity index (χ4v) is 2.41. The van der Waals surface area contributed by atoms with Gasteiger partial charge in [0.05, 0.1) is 10.6 Å². The zero-order valence-electron chi connectivity index (χ0n) is 10.2. The maximum Gasteiger partial charge on any atom is 0.197 e. The summed E-state index contributed by atoms with van der Waals surface area (Å²) in [6.45, 7) is 0. The third-order valence-electron chi connectivity index (χ3n) is 3.19. The lowest BCUT2D eigenvalue weighted by Gasteiger charge is -2.01. The highest BCUT2D eigenvalue weighted by Gasteiger charge is 2.32. The second-order valence-electron chi connectivity index (χ2n) is 4.40. The number of hydrogen-bond donors (Lipinski definition) is 0. The molecule has 20 heavy (non-hydrogen) atoms. The summed E-state index contributed by atoms with van der Waals surface area (Å²) < 4.78 is 13.7. The van der Waals surface area contributed by atoms with Gasteiger partial charge < -0.3 is 0 Å². The van der Waals surface area contributed by atoms with E-state index in [1.807, 2.05) is 0 Å². The molecule has 2 nitrogen and oxygen atoms in total. The molecule has 3 rings (SSSR count). The number of carbonyl (C=O) groups is 2. The van der Waals surface area contributed by atoms with Crippen LogP contribution in [-0.4, -0.2) is 11.6 Å². The molecule has 1 aliphatic rings. The van der Waals surface area contributed by atoms with E-state index in [4.69, 9.17) is 11.6 Å². The molecule has 2 aromatic carbocycles. The molecule has 0 aromatic heterocycles. The number of allylic oxidation sites excluding steroid dienone is 1. The molecule has 0 saturated carbocycles. The summed E-state index contributed by atoms with van der Waals surface area (Å²) in [7, 11) is 0. The number of benzene rings is 2. The van der Waals surface area contributed by atoms with Crippen LogP contribution in [0.2, 0.25) is 5.02 Å². The lowest BCUT2D eigenvalue weighted by Crippen LogP contribution is -2.01. The van der Waals surface area contributed by atoms with Crippen LogP contribution in [0.25, 0.3) is 6.08 Å². The molecule has 0 fully saturated rings.